The lowest BCUT2D eigenvalue weighted by atomic mass is 9.94. The number of aliphatic imine (C=N–C) groups is 1. The van der Waals surface area contributed by atoms with E-state index in [-0.39, 0.29) is 23.3 Å². The molecule has 7 nitrogen and oxygen atoms in total. The first-order valence-electron chi connectivity index (χ1n) is 19.4. The third kappa shape index (κ3) is 8.90. The molecule has 296 valence electrons. The minimum Gasteiger partial charge on any atom is -0.597 e. The number of nitrogens with zero attached hydrogens (tertiary/aromatic N) is 3. The highest BCUT2D eigenvalue weighted by atomic mass is 32.2. The Balaban J connectivity index is 1.46. The van der Waals surface area contributed by atoms with Gasteiger partial charge in [0.25, 0.3) is 14.2 Å². The number of carbonyl (C=O) groups is 1. The van der Waals surface area contributed by atoms with Crippen molar-refractivity contribution in [2.75, 3.05) is 13.7 Å². The van der Waals surface area contributed by atoms with Crippen molar-refractivity contribution in [3.8, 4) is 11.3 Å². The lowest BCUT2D eigenvalue weighted by molar-refractivity contribution is 0.0945. The van der Waals surface area contributed by atoms with Crippen LogP contribution in [0.15, 0.2) is 127 Å². The molecule has 0 saturated heterocycles. The van der Waals surface area contributed by atoms with Gasteiger partial charge in [0, 0.05) is 54.5 Å². The Labute approximate surface area is 341 Å². The number of halogens is 1. The molecule has 2 atom stereocenters. The van der Waals surface area contributed by atoms with Gasteiger partial charge in [-0.05, 0) is 77.5 Å². The number of nitrogens with one attached hydrogen (secondary N) is 1. The van der Waals surface area contributed by atoms with Crippen molar-refractivity contribution < 1.29 is 18.2 Å². The Bertz CT molecular complexity index is 2200. The molecule has 0 radical (unpaired) electrons. The standard InChI is InChI=1S/C47H53FN4O3SSi/c1-33(30-49-8)34-19-17-20-35(28-34)44-43-37(29-41(51-44)45(53)50-31-36-18-15-16-25-40(36)48)32-52(56(54)46(2,3)4)42(43)26-27-55-57(47(5,6)7,38-21-11-9-12-22-38)39-23-13-10-14-24-39/h9-25,28-30,42H,1,26-27,31-32H2,2-8H3,(H,50,53)/t42-,56?/m1/s1. The third-order valence-electron chi connectivity index (χ3n) is 10.4. The van der Waals surface area contributed by atoms with Crippen molar-refractivity contribution in [3.63, 3.8) is 0 Å². The summed E-state index contributed by atoms with van der Waals surface area (Å²) in [5.41, 5.74) is 5.37. The molecule has 0 spiro atoms. The number of pyridine rings is 1. The van der Waals surface area contributed by atoms with Gasteiger partial charge in [-0.2, -0.15) is 0 Å². The van der Waals surface area contributed by atoms with Crippen LogP contribution in [0.1, 0.15) is 86.7 Å². The van der Waals surface area contributed by atoms with Crippen LogP contribution in [-0.4, -0.2) is 52.7 Å². The minimum absolute atomic E-state index is 0.00758. The molecule has 1 aliphatic rings. The first kappa shape index (κ1) is 41.9. The van der Waals surface area contributed by atoms with Crippen molar-refractivity contribution in [2.24, 2.45) is 4.99 Å². The molecule has 6 rings (SSSR count). The zero-order valence-electron chi connectivity index (χ0n) is 34.0. The quantitative estimate of drug-likeness (QED) is 0.0731. The number of carbonyl (C=O) groups excluding carboxylic acids is 1. The summed E-state index contributed by atoms with van der Waals surface area (Å²) in [5.74, 6) is -0.820. The fraction of sp³-hybridized carbons (Fsp3) is 0.298. The maximum absolute atomic E-state index is 14.5. The molecule has 0 saturated carbocycles. The molecule has 1 aromatic heterocycles. The highest BCUT2D eigenvalue weighted by Crippen LogP contribution is 2.46. The summed E-state index contributed by atoms with van der Waals surface area (Å²) in [4.78, 5) is 23.1. The van der Waals surface area contributed by atoms with E-state index < -0.39 is 36.2 Å². The van der Waals surface area contributed by atoms with E-state index in [0.717, 1.165) is 27.8 Å². The van der Waals surface area contributed by atoms with Gasteiger partial charge in [-0.15, -0.1) is 4.31 Å². The van der Waals surface area contributed by atoms with Gasteiger partial charge in [0.2, 0.25) is 0 Å². The Hall–Kier alpha value is -4.71. The normalized spacial score (nSPS) is 15.4. The highest BCUT2D eigenvalue weighted by molar-refractivity contribution is 7.90. The second kappa shape index (κ2) is 17.4. The molecule has 1 aliphatic heterocycles. The van der Waals surface area contributed by atoms with Gasteiger partial charge >= 0.3 is 0 Å². The van der Waals surface area contributed by atoms with E-state index in [4.69, 9.17) is 9.41 Å². The molecule has 57 heavy (non-hydrogen) atoms. The summed E-state index contributed by atoms with van der Waals surface area (Å²) in [6.45, 7) is 17.7. The minimum atomic E-state index is -2.88. The SMILES string of the molecule is C=C(C=NC)c1cccc(-c2nc(C(=O)NCc3ccccc3F)cc3c2[C@@H](CCO[Si](c2ccccc2)(c2ccccc2)C(C)(C)C)N([S+]([O-])C(C)(C)C)C3)c1. The number of hydrogen-bond acceptors (Lipinski definition) is 6. The molecule has 1 N–H and O–H groups in total. The van der Waals surface area contributed by atoms with Crippen LogP contribution in [0.2, 0.25) is 5.04 Å². The fourth-order valence-corrected chi connectivity index (χ4v) is 13.8. The molecule has 0 bridgehead atoms. The van der Waals surface area contributed by atoms with E-state index >= 15 is 0 Å². The summed E-state index contributed by atoms with van der Waals surface area (Å²) in [5, 5.41) is 5.03. The second-order valence-electron chi connectivity index (χ2n) is 16.4. The van der Waals surface area contributed by atoms with Gasteiger partial charge < -0.3 is 14.3 Å². The molecule has 0 fully saturated rings. The van der Waals surface area contributed by atoms with E-state index in [1.54, 1.807) is 37.5 Å². The van der Waals surface area contributed by atoms with E-state index in [2.05, 4.69) is 86.2 Å². The van der Waals surface area contributed by atoms with Gasteiger partial charge in [-0.1, -0.05) is 124 Å². The van der Waals surface area contributed by atoms with Gasteiger partial charge in [-0.3, -0.25) is 9.79 Å². The second-order valence-corrected chi connectivity index (χ2v) is 22.9. The lowest BCUT2D eigenvalue weighted by Crippen LogP contribution is -2.66. The Morgan fingerprint density at radius 3 is 2.19 bits per heavy atom. The van der Waals surface area contributed by atoms with Gasteiger partial charge in [0.1, 0.15) is 16.3 Å². The van der Waals surface area contributed by atoms with Crippen LogP contribution < -0.4 is 15.7 Å². The molecule has 10 heteroatoms. The smallest absolute Gasteiger partial charge is 0.270 e. The molecular formula is C47H53FN4O3SSi. The molecule has 1 amide bonds. The van der Waals surface area contributed by atoms with Gasteiger partial charge in [0.15, 0.2) is 0 Å². The Morgan fingerprint density at radius 1 is 0.965 bits per heavy atom. The van der Waals surface area contributed by atoms with Crippen LogP contribution in [0, 0.1) is 5.82 Å². The highest BCUT2D eigenvalue weighted by Gasteiger charge is 2.51. The summed E-state index contributed by atoms with van der Waals surface area (Å²) >= 11 is -1.42. The maximum atomic E-state index is 14.5. The molecular weight excluding hydrogens is 748 g/mol. The first-order chi connectivity index (χ1) is 27.2. The number of fused-ring (bicyclic) bond motifs is 1. The van der Waals surface area contributed by atoms with Crippen LogP contribution in [0.3, 0.4) is 0 Å². The van der Waals surface area contributed by atoms with E-state index in [1.165, 1.54) is 16.4 Å². The van der Waals surface area contributed by atoms with Crippen molar-refractivity contribution in [2.45, 2.75) is 76.9 Å². The fourth-order valence-electron chi connectivity index (χ4n) is 7.77. The number of rotatable bonds is 13. The Kier molecular flexibility index (Phi) is 12.8. The third-order valence-corrected chi connectivity index (χ3v) is 17.3. The van der Waals surface area contributed by atoms with Crippen LogP contribution in [-0.2, 0) is 28.9 Å². The largest absolute Gasteiger partial charge is 0.597 e. The summed E-state index contributed by atoms with van der Waals surface area (Å²) in [6, 6.07) is 36.8. The lowest BCUT2D eigenvalue weighted by Gasteiger charge is -2.43. The zero-order valence-corrected chi connectivity index (χ0v) is 35.8. The average molecular weight is 801 g/mol. The maximum Gasteiger partial charge on any atom is 0.270 e. The van der Waals surface area contributed by atoms with Crippen LogP contribution in [0.4, 0.5) is 4.39 Å². The van der Waals surface area contributed by atoms with Crippen molar-refractivity contribution >= 4 is 47.7 Å². The summed E-state index contributed by atoms with van der Waals surface area (Å²) in [7, 11) is -1.18. The van der Waals surface area contributed by atoms with E-state index in [1.807, 2.05) is 61.5 Å². The number of hydrogen-bond donors (Lipinski definition) is 1. The van der Waals surface area contributed by atoms with E-state index in [0.29, 0.717) is 30.8 Å². The Morgan fingerprint density at radius 2 is 1.60 bits per heavy atom. The summed E-state index contributed by atoms with van der Waals surface area (Å²) in [6.07, 6.45) is 2.24. The number of aromatic nitrogens is 1. The van der Waals surface area contributed by atoms with Crippen molar-refractivity contribution in [1.82, 2.24) is 14.6 Å². The monoisotopic (exact) mass is 800 g/mol. The zero-order chi connectivity index (χ0) is 41.0. The molecule has 2 heterocycles. The van der Waals surface area contributed by atoms with Gasteiger partial charge in [-0.25, -0.2) is 9.37 Å². The summed E-state index contributed by atoms with van der Waals surface area (Å²) < 4.78 is 37.9. The van der Waals surface area contributed by atoms with Crippen LogP contribution >= 0.6 is 0 Å². The van der Waals surface area contributed by atoms with Crippen LogP contribution in [0.5, 0.6) is 0 Å². The van der Waals surface area contributed by atoms with Crippen LogP contribution in [0.25, 0.3) is 16.8 Å². The molecule has 0 aliphatic carbocycles. The van der Waals surface area contributed by atoms with Crippen molar-refractivity contribution in [3.05, 3.63) is 156 Å². The van der Waals surface area contributed by atoms with Gasteiger partial charge in [0.05, 0.1) is 18.3 Å². The predicted octanol–water partition coefficient (Wildman–Crippen LogP) is 8.82. The predicted molar refractivity (Wildman–Crippen MR) is 235 cm³/mol. The molecule has 1 unspecified atom stereocenters. The topological polar surface area (TPSA) is 89.9 Å². The molecule has 5 aromatic rings. The number of benzene rings is 4. The van der Waals surface area contributed by atoms with Crippen molar-refractivity contribution in [1.29, 1.82) is 0 Å². The number of amides is 1. The average Bonchev–Trinajstić information content (AvgIpc) is 3.56. The first-order valence-corrected chi connectivity index (χ1v) is 22.4. The molecule has 4 aromatic carbocycles. The van der Waals surface area contributed by atoms with E-state index in [9.17, 15) is 13.7 Å². The number of allylic oxidation sites excluding steroid dienone is 1.